The number of nitrogens with one attached hydrogen (secondary N) is 1. The lowest BCUT2D eigenvalue weighted by molar-refractivity contribution is 0.673. The fraction of sp³-hybridized carbons (Fsp3) is 0.333. The van der Waals surface area contributed by atoms with Gasteiger partial charge in [0.05, 0.1) is 16.7 Å². The first-order valence-electron chi connectivity index (χ1n) is 5.03. The summed E-state index contributed by atoms with van der Waals surface area (Å²) >= 11 is 0. The number of allylic oxidation sites excluding steroid dienone is 4. The number of rotatable bonds is 2. The van der Waals surface area contributed by atoms with Gasteiger partial charge < -0.3 is 0 Å². The summed E-state index contributed by atoms with van der Waals surface area (Å²) in [5, 5.41) is 0. The van der Waals surface area contributed by atoms with Gasteiger partial charge in [0, 0.05) is 6.54 Å². The molecule has 0 aromatic heterocycles. The minimum atomic E-state index is -0.937. The van der Waals surface area contributed by atoms with E-state index in [-0.39, 0.29) is 0 Å². The fourth-order valence-electron chi connectivity index (χ4n) is 1.16. The van der Waals surface area contributed by atoms with Crippen LogP contribution in [-0.2, 0) is 11.0 Å². The van der Waals surface area contributed by atoms with Crippen LogP contribution in [0, 0.1) is 0 Å². The predicted octanol–water partition coefficient (Wildman–Crippen LogP) is 2.50. The molecule has 0 bridgehead atoms. The standard InChI is InChI=1S/C10H13NOS.C2H6/c1-3-5-9-7-11-13(12)8-10(9)6-4-2;1-2/h3-6,11H,1-2,7-8H2;1-2H3/b9-5-,10-6-;. The van der Waals surface area contributed by atoms with E-state index in [9.17, 15) is 4.21 Å². The van der Waals surface area contributed by atoms with Gasteiger partial charge in [-0.05, 0) is 11.1 Å². The van der Waals surface area contributed by atoms with Gasteiger partial charge in [-0.15, -0.1) is 0 Å². The first-order chi connectivity index (χ1) is 7.27. The topological polar surface area (TPSA) is 29.1 Å². The first-order valence-corrected chi connectivity index (χ1v) is 6.35. The van der Waals surface area contributed by atoms with Crippen LogP contribution in [0.5, 0.6) is 0 Å². The van der Waals surface area contributed by atoms with Gasteiger partial charge in [-0.2, -0.15) is 0 Å². The Labute approximate surface area is 95.1 Å². The molecule has 1 heterocycles. The molecular formula is C12H19NOS. The molecule has 1 rings (SSSR count). The maximum absolute atomic E-state index is 11.2. The minimum absolute atomic E-state index is 0.547. The van der Waals surface area contributed by atoms with Crippen molar-refractivity contribution in [2.45, 2.75) is 13.8 Å². The lowest BCUT2D eigenvalue weighted by Crippen LogP contribution is -2.30. The Balaban J connectivity index is 0.000000921. The molecule has 0 aromatic carbocycles. The van der Waals surface area contributed by atoms with Crippen molar-refractivity contribution in [3.05, 3.63) is 48.6 Å². The zero-order valence-corrected chi connectivity index (χ0v) is 10.3. The highest BCUT2D eigenvalue weighted by Gasteiger charge is 2.14. The van der Waals surface area contributed by atoms with E-state index >= 15 is 0 Å². The summed E-state index contributed by atoms with van der Waals surface area (Å²) in [4.78, 5) is 0. The van der Waals surface area contributed by atoms with Crippen molar-refractivity contribution in [1.82, 2.24) is 4.72 Å². The van der Waals surface area contributed by atoms with E-state index in [1.807, 2.05) is 26.0 Å². The van der Waals surface area contributed by atoms with Crippen LogP contribution in [0.3, 0.4) is 0 Å². The number of hydrogen-bond acceptors (Lipinski definition) is 1. The van der Waals surface area contributed by atoms with Crippen LogP contribution >= 0.6 is 0 Å². The van der Waals surface area contributed by atoms with Gasteiger partial charge in [-0.1, -0.05) is 51.3 Å². The summed E-state index contributed by atoms with van der Waals surface area (Å²) in [5.74, 6) is 0.547. The first kappa shape index (κ1) is 14.1. The zero-order chi connectivity index (χ0) is 11.7. The fourth-order valence-corrected chi connectivity index (χ4v) is 2.15. The van der Waals surface area contributed by atoms with E-state index in [1.165, 1.54) is 0 Å². The molecular weight excluding hydrogens is 206 g/mol. The second-order valence-corrected chi connectivity index (χ2v) is 3.93. The maximum atomic E-state index is 11.2. The third-order valence-corrected chi connectivity index (χ3v) is 2.80. The summed E-state index contributed by atoms with van der Waals surface area (Å²) in [7, 11) is -0.937. The van der Waals surface area contributed by atoms with E-state index in [2.05, 4.69) is 17.9 Å². The molecule has 0 amide bonds. The van der Waals surface area contributed by atoms with Crippen LogP contribution < -0.4 is 4.72 Å². The van der Waals surface area contributed by atoms with Gasteiger partial charge in [0.1, 0.15) is 0 Å². The smallest absolute Gasteiger partial charge is 0.0963 e. The van der Waals surface area contributed by atoms with Crippen LogP contribution in [0.15, 0.2) is 48.6 Å². The minimum Gasteiger partial charge on any atom is -0.243 e. The molecule has 15 heavy (non-hydrogen) atoms. The molecule has 0 spiro atoms. The summed E-state index contributed by atoms with van der Waals surface area (Å²) < 4.78 is 14.1. The van der Waals surface area contributed by atoms with Gasteiger partial charge in [-0.25, -0.2) is 8.93 Å². The second-order valence-electron chi connectivity index (χ2n) is 2.67. The average molecular weight is 225 g/mol. The van der Waals surface area contributed by atoms with Crippen molar-refractivity contribution in [2.24, 2.45) is 0 Å². The van der Waals surface area contributed by atoms with Gasteiger partial charge in [-0.3, -0.25) is 0 Å². The van der Waals surface area contributed by atoms with Crippen LogP contribution in [0.1, 0.15) is 13.8 Å². The Kier molecular flexibility index (Phi) is 7.86. The molecule has 0 aliphatic carbocycles. The highest BCUT2D eigenvalue weighted by atomic mass is 32.2. The zero-order valence-electron chi connectivity index (χ0n) is 9.45. The molecule has 0 aromatic rings. The Morgan fingerprint density at radius 1 is 1.20 bits per heavy atom. The third kappa shape index (κ3) is 4.91. The Morgan fingerprint density at radius 2 is 1.73 bits per heavy atom. The summed E-state index contributed by atoms with van der Waals surface area (Å²) in [6.07, 6.45) is 7.28. The lowest BCUT2D eigenvalue weighted by atomic mass is 10.1. The van der Waals surface area contributed by atoms with Crippen molar-refractivity contribution in [3.63, 3.8) is 0 Å². The van der Waals surface area contributed by atoms with Crippen LogP contribution in [0.25, 0.3) is 0 Å². The second kappa shape index (κ2) is 8.38. The average Bonchev–Trinajstić information content (AvgIpc) is 2.26. The monoisotopic (exact) mass is 225 g/mol. The van der Waals surface area contributed by atoms with E-state index in [0.717, 1.165) is 11.1 Å². The van der Waals surface area contributed by atoms with Gasteiger partial charge in [0.25, 0.3) is 0 Å². The SMILES string of the molecule is C=C/C=C1/CNS(=O)C/C1=C/C=C.CC. The van der Waals surface area contributed by atoms with Crippen LogP contribution in [0.2, 0.25) is 0 Å². The molecule has 1 N–H and O–H groups in total. The van der Waals surface area contributed by atoms with Crippen molar-refractivity contribution < 1.29 is 4.21 Å². The molecule has 2 nitrogen and oxygen atoms in total. The molecule has 0 saturated carbocycles. The van der Waals surface area contributed by atoms with Gasteiger partial charge in [0.2, 0.25) is 0 Å². The highest BCUT2D eigenvalue weighted by Crippen LogP contribution is 2.15. The third-order valence-electron chi connectivity index (χ3n) is 1.76. The summed E-state index contributed by atoms with van der Waals surface area (Å²) in [6, 6.07) is 0. The normalized spacial score (nSPS) is 25.6. The molecule has 1 fully saturated rings. The quantitative estimate of drug-likeness (QED) is 0.768. The van der Waals surface area contributed by atoms with Crippen molar-refractivity contribution in [3.8, 4) is 0 Å². The lowest BCUT2D eigenvalue weighted by Gasteiger charge is -2.18. The van der Waals surface area contributed by atoms with Crippen LogP contribution in [-0.4, -0.2) is 16.5 Å². The van der Waals surface area contributed by atoms with Crippen LogP contribution in [0.4, 0.5) is 0 Å². The summed E-state index contributed by atoms with van der Waals surface area (Å²) in [5.41, 5.74) is 2.21. The maximum Gasteiger partial charge on any atom is 0.0963 e. The molecule has 3 heteroatoms. The largest absolute Gasteiger partial charge is 0.243 e. The van der Waals surface area contributed by atoms with E-state index in [4.69, 9.17) is 0 Å². The Hall–Kier alpha value is -0.930. The highest BCUT2D eigenvalue weighted by molar-refractivity contribution is 7.83. The van der Waals surface area contributed by atoms with Gasteiger partial charge >= 0.3 is 0 Å². The van der Waals surface area contributed by atoms with E-state index in [1.54, 1.807) is 12.2 Å². The van der Waals surface area contributed by atoms with Crippen molar-refractivity contribution in [2.75, 3.05) is 12.3 Å². The van der Waals surface area contributed by atoms with Crippen molar-refractivity contribution in [1.29, 1.82) is 0 Å². The Bertz CT molecular complexity index is 303. The molecule has 1 unspecified atom stereocenters. The Morgan fingerprint density at radius 3 is 2.27 bits per heavy atom. The predicted molar refractivity (Wildman–Crippen MR) is 68.9 cm³/mol. The molecule has 0 radical (unpaired) electrons. The molecule has 1 aliphatic heterocycles. The molecule has 1 aliphatic rings. The molecule has 1 atom stereocenters. The van der Waals surface area contributed by atoms with Crippen molar-refractivity contribution >= 4 is 11.0 Å². The van der Waals surface area contributed by atoms with E-state index in [0.29, 0.717) is 12.3 Å². The molecule has 84 valence electrons. The summed E-state index contributed by atoms with van der Waals surface area (Å²) in [6.45, 7) is 11.9. The van der Waals surface area contributed by atoms with E-state index < -0.39 is 11.0 Å². The molecule has 1 saturated heterocycles. The van der Waals surface area contributed by atoms with Gasteiger partial charge in [0.15, 0.2) is 0 Å². The number of hydrogen-bond donors (Lipinski definition) is 1.